The van der Waals surface area contributed by atoms with Gasteiger partial charge in [-0.25, -0.2) is 0 Å². The number of carbonyl (C=O) groups is 1. The van der Waals surface area contributed by atoms with Crippen LogP contribution in [0.2, 0.25) is 0 Å². The van der Waals surface area contributed by atoms with Crippen LogP contribution in [0.25, 0.3) is 0 Å². The number of rotatable bonds is 2. The standard InChI is InChI=1S/C13H15NO2/c1-4-16-12(15)13(3)9(2)14-11-8-6-5-7-10(11)13/h5-8H,4H2,1-3H3/t13-/m0/s1. The van der Waals surface area contributed by atoms with Gasteiger partial charge >= 0.3 is 5.97 Å². The Morgan fingerprint density at radius 1 is 1.44 bits per heavy atom. The highest BCUT2D eigenvalue weighted by atomic mass is 16.5. The maximum Gasteiger partial charge on any atom is 0.322 e. The number of carbonyl (C=O) groups excluding carboxylic acids is 1. The van der Waals surface area contributed by atoms with E-state index in [2.05, 4.69) is 4.99 Å². The highest BCUT2D eigenvalue weighted by Gasteiger charge is 2.44. The van der Waals surface area contributed by atoms with Crippen molar-refractivity contribution in [3.8, 4) is 0 Å². The highest BCUT2D eigenvalue weighted by molar-refractivity contribution is 6.15. The first-order chi connectivity index (χ1) is 7.60. The van der Waals surface area contributed by atoms with Crippen LogP contribution in [0.1, 0.15) is 26.3 Å². The zero-order valence-corrected chi connectivity index (χ0v) is 9.78. The summed E-state index contributed by atoms with van der Waals surface area (Å²) in [5.41, 5.74) is 1.89. The molecule has 84 valence electrons. The van der Waals surface area contributed by atoms with Crippen molar-refractivity contribution in [2.45, 2.75) is 26.2 Å². The van der Waals surface area contributed by atoms with Crippen LogP contribution >= 0.6 is 0 Å². The molecule has 16 heavy (non-hydrogen) atoms. The minimum Gasteiger partial charge on any atom is -0.465 e. The van der Waals surface area contributed by atoms with Gasteiger partial charge in [0.15, 0.2) is 0 Å². The van der Waals surface area contributed by atoms with Crippen LogP contribution in [0, 0.1) is 0 Å². The first-order valence-electron chi connectivity index (χ1n) is 5.43. The molecule has 0 aromatic heterocycles. The third-order valence-electron chi connectivity index (χ3n) is 3.14. The van der Waals surface area contributed by atoms with Gasteiger partial charge < -0.3 is 4.74 Å². The van der Waals surface area contributed by atoms with E-state index in [4.69, 9.17) is 4.74 Å². The van der Waals surface area contributed by atoms with E-state index in [0.29, 0.717) is 6.61 Å². The van der Waals surface area contributed by atoms with Gasteiger partial charge in [0, 0.05) is 11.3 Å². The largest absolute Gasteiger partial charge is 0.465 e. The number of hydrogen-bond donors (Lipinski definition) is 0. The molecule has 0 radical (unpaired) electrons. The number of ether oxygens (including phenoxy) is 1. The van der Waals surface area contributed by atoms with E-state index in [1.54, 1.807) is 0 Å². The van der Waals surface area contributed by atoms with Gasteiger partial charge in [-0.15, -0.1) is 0 Å². The average Bonchev–Trinajstić information content (AvgIpc) is 2.53. The smallest absolute Gasteiger partial charge is 0.322 e. The molecule has 3 nitrogen and oxygen atoms in total. The molecule has 1 atom stereocenters. The summed E-state index contributed by atoms with van der Waals surface area (Å²) in [5, 5.41) is 0. The minimum atomic E-state index is -0.716. The van der Waals surface area contributed by atoms with Gasteiger partial charge in [0.1, 0.15) is 5.41 Å². The molecule has 1 heterocycles. The lowest BCUT2D eigenvalue weighted by atomic mass is 9.80. The Balaban J connectivity index is 2.50. The summed E-state index contributed by atoms with van der Waals surface area (Å²) in [5.74, 6) is -0.221. The topological polar surface area (TPSA) is 38.7 Å². The Morgan fingerprint density at radius 3 is 2.81 bits per heavy atom. The number of hydrogen-bond acceptors (Lipinski definition) is 3. The van der Waals surface area contributed by atoms with Crippen molar-refractivity contribution in [1.82, 2.24) is 0 Å². The first kappa shape index (κ1) is 10.9. The summed E-state index contributed by atoms with van der Waals surface area (Å²) < 4.78 is 5.14. The van der Waals surface area contributed by atoms with Gasteiger partial charge in [0.25, 0.3) is 0 Å². The molecule has 1 aromatic carbocycles. The van der Waals surface area contributed by atoms with Crippen LogP contribution in [0.3, 0.4) is 0 Å². The zero-order chi connectivity index (χ0) is 11.8. The predicted molar refractivity (Wildman–Crippen MR) is 63.2 cm³/mol. The van der Waals surface area contributed by atoms with E-state index >= 15 is 0 Å². The summed E-state index contributed by atoms with van der Waals surface area (Å²) in [4.78, 5) is 16.5. The van der Waals surface area contributed by atoms with Crippen molar-refractivity contribution in [3.05, 3.63) is 29.8 Å². The summed E-state index contributed by atoms with van der Waals surface area (Å²) in [6, 6.07) is 7.70. The first-order valence-corrected chi connectivity index (χ1v) is 5.43. The molecule has 0 aliphatic carbocycles. The lowest BCUT2D eigenvalue weighted by Gasteiger charge is -2.23. The van der Waals surface area contributed by atoms with Gasteiger partial charge in [0.05, 0.1) is 12.3 Å². The summed E-state index contributed by atoms with van der Waals surface area (Å²) >= 11 is 0. The van der Waals surface area contributed by atoms with E-state index in [1.807, 2.05) is 45.0 Å². The molecular formula is C13H15NO2. The van der Waals surface area contributed by atoms with Crippen molar-refractivity contribution in [3.63, 3.8) is 0 Å². The summed E-state index contributed by atoms with van der Waals surface area (Å²) in [6.45, 7) is 5.95. The lowest BCUT2D eigenvalue weighted by Crippen LogP contribution is -2.38. The summed E-state index contributed by atoms with van der Waals surface area (Å²) in [7, 11) is 0. The maximum absolute atomic E-state index is 12.0. The molecule has 1 aromatic rings. The van der Waals surface area contributed by atoms with E-state index in [0.717, 1.165) is 17.0 Å². The zero-order valence-electron chi connectivity index (χ0n) is 9.78. The normalized spacial score (nSPS) is 22.6. The third-order valence-corrected chi connectivity index (χ3v) is 3.14. The highest BCUT2D eigenvalue weighted by Crippen LogP contribution is 2.40. The average molecular weight is 217 g/mol. The molecule has 0 saturated heterocycles. The van der Waals surface area contributed by atoms with Gasteiger partial charge in [-0.1, -0.05) is 18.2 Å². The van der Waals surface area contributed by atoms with E-state index in [-0.39, 0.29) is 5.97 Å². The van der Waals surface area contributed by atoms with Crippen LogP contribution in [-0.4, -0.2) is 18.3 Å². The fourth-order valence-electron chi connectivity index (χ4n) is 2.01. The molecule has 0 unspecified atom stereocenters. The van der Waals surface area contributed by atoms with Crippen molar-refractivity contribution in [1.29, 1.82) is 0 Å². The lowest BCUT2D eigenvalue weighted by molar-refractivity contribution is -0.146. The molecule has 0 fully saturated rings. The second kappa shape index (κ2) is 3.74. The minimum absolute atomic E-state index is 0.221. The van der Waals surface area contributed by atoms with Gasteiger partial charge in [-0.3, -0.25) is 9.79 Å². The molecule has 0 N–H and O–H groups in total. The molecule has 0 spiro atoms. The van der Waals surface area contributed by atoms with E-state index in [1.165, 1.54) is 0 Å². The second-order valence-corrected chi connectivity index (χ2v) is 4.06. The van der Waals surface area contributed by atoms with Crippen LogP contribution in [-0.2, 0) is 14.9 Å². The number of para-hydroxylation sites is 1. The molecule has 1 aliphatic rings. The second-order valence-electron chi connectivity index (χ2n) is 4.06. The molecule has 0 saturated carbocycles. The molecule has 0 bridgehead atoms. The Morgan fingerprint density at radius 2 is 2.12 bits per heavy atom. The Labute approximate surface area is 95.2 Å². The molecule has 1 aliphatic heterocycles. The molecule has 3 heteroatoms. The van der Waals surface area contributed by atoms with Crippen molar-refractivity contribution < 1.29 is 9.53 Å². The Hall–Kier alpha value is -1.64. The summed E-state index contributed by atoms with van der Waals surface area (Å²) in [6.07, 6.45) is 0. The Bertz CT molecular complexity index is 465. The molecule has 0 amide bonds. The predicted octanol–water partition coefficient (Wildman–Crippen LogP) is 2.61. The SMILES string of the molecule is CCOC(=O)[C@@]1(C)C(C)=Nc2ccccc21. The monoisotopic (exact) mass is 217 g/mol. The number of fused-ring (bicyclic) bond motifs is 1. The van der Waals surface area contributed by atoms with Gasteiger partial charge in [-0.2, -0.15) is 0 Å². The van der Waals surface area contributed by atoms with E-state index in [9.17, 15) is 4.79 Å². The maximum atomic E-state index is 12.0. The Kier molecular flexibility index (Phi) is 2.54. The fourth-order valence-corrected chi connectivity index (χ4v) is 2.01. The van der Waals surface area contributed by atoms with Crippen molar-refractivity contribution in [2.24, 2.45) is 4.99 Å². The van der Waals surface area contributed by atoms with Crippen molar-refractivity contribution in [2.75, 3.05) is 6.61 Å². The number of esters is 1. The van der Waals surface area contributed by atoms with E-state index < -0.39 is 5.41 Å². The quantitative estimate of drug-likeness (QED) is 0.714. The van der Waals surface area contributed by atoms with Gasteiger partial charge in [-0.05, 0) is 26.8 Å². The molecular weight excluding hydrogens is 202 g/mol. The van der Waals surface area contributed by atoms with Crippen LogP contribution in [0.4, 0.5) is 5.69 Å². The number of aliphatic imine (C=N–C) groups is 1. The van der Waals surface area contributed by atoms with Crippen LogP contribution in [0.15, 0.2) is 29.3 Å². The van der Waals surface area contributed by atoms with Crippen LogP contribution in [0.5, 0.6) is 0 Å². The number of nitrogens with zero attached hydrogens (tertiary/aromatic N) is 1. The third kappa shape index (κ3) is 1.35. The number of benzene rings is 1. The molecule has 2 rings (SSSR count). The fraction of sp³-hybridized carbons (Fsp3) is 0.385. The van der Waals surface area contributed by atoms with Gasteiger partial charge in [0.2, 0.25) is 0 Å². The van der Waals surface area contributed by atoms with Crippen molar-refractivity contribution >= 4 is 17.4 Å². The van der Waals surface area contributed by atoms with Crippen LogP contribution < -0.4 is 0 Å².